The van der Waals surface area contributed by atoms with E-state index in [9.17, 15) is 20.4 Å². The van der Waals surface area contributed by atoms with E-state index in [1.807, 2.05) is 48.5 Å². The molecule has 0 bridgehead atoms. The first-order chi connectivity index (χ1) is 19.9. The molecular weight excluding hydrogens is 536 g/mol. The zero-order valence-corrected chi connectivity index (χ0v) is 22.2. The van der Waals surface area contributed by atoms with Crippen LogP contribution >= 0.6 is 0 Å². The Kier molecular flexibility index (Phi) is 8.37. The molecule has 2 aromatic carbocycles. The molecule has 6 rings (SSSR count). The molecule has 4 aliphatic rings. The van der Waals surface area contributed by atoms with Crippen molar-refractivity contribution in [2.45, 2.75) is 74.0 Å². The summed E-state index contributed by atoms with van der Waals surface area (Å²) in [5.41, 5.74) is 3.35. The van der Waals surface area contributed by atoms with Crippen LogP contribution in [0.4, 0.5) is 0 Å². The molecule has 4 fully saturated rings. The van der Waals surface area contributed by atoms with Crippen molar-refractivity contribution >= 4 is 12.2 Å². The second-order valence-corrected chi connectivity index (χ2v) is 10.5. The van der Waals surface area contributed by atoms with E-state index >= 15 is 0 Å². The molecule has 12 atom stereocenters. The highest BCUT2D eigenvalue weighted by molar-refractivity contribution is 5.48. The molecule has 41 heavy (non-hydrogen) atoms. The Morgan fingerprint density at radius 3 is 1.34 bits per heavy atom. The molecule has 0 aliphatic carbocycles. The topological polar surface area (TPSA) is 146 Å². The van der Waals surface area contributed by atoms with Crippen LogP contribution in [-0.2, 0) is 33.2 Å². The number of ether oxygens (including phenoxy) is 7. The number of rotatable bonds is 6. The number of fused-ring (bicyclic) bond motifs is 2. The zero-order valence-electron chi connectivity index (χ0n) is 22.2. The first-order valence-electron chi connectivity index (χ1n) is 13.5. The van der Waals surface area contributed by atoms with Crippen molar-refractivity contribution in [3.05, 3.63) is 83.9 Å². The summed E-state index contributed by atoms with van der Waals surface area (Å²) in [4.78, 5) is 0. The first-order valence-corrected chi connectivity index (χ1v) is 13.5. The smallest absolute Gasteiger partial charge is 0.189 e. The lowest BCUT2D eigenvalue weighted by Crippen LogP contribution is -2.66. The molecule has 4 saturated heterocycles. The van der Waals surface area contributed by atoms with Gasteiger partial charge in [-0.05, 0) is 11.1 Å². The van der Waals surface area contributed by atoms with Gasteiger partial charge in [-0.25, -0.2) is 0 Å². The highest BCUT2D eigenvalue weighted by Crippen LogP contribution is 2.38. The van der Waals surface area contributed by atoms with Gasteiger partial charge in [-0.3, -0.25) is 0 Å². The molecule has 0 aromatic heterocycles. The SMILES string of the molecule is C=Cc1ccc(C2OC[C@H]3O[C@H](O[C@H]4O[C@@H]5COC(c6ccc(C=C)cc6)O[C@H]5C(O)[C@H]4O)[C@H](O)[C@@H](O)[C@@H]3O2)cc1. The van der Waals surface area contributed by atoms with E-state index in [0.29, 0.717) is 0 Å². The quantitative estimate of drug-likeness (QED) is 0.400. The van der Waals surface area contributed by atoms with E-state index in [1.165, 1.54) is 0 Å². The van der Waals surface area contributed by atoms with Gasteiger partial charge < -0.3 is 53.6 Å². The lowest BCUT2D eigenvalue weighted by molar-refractivity contribution is -0.412. The molecule has 220 valence electrons. The lowest BCUT2D eigenvalue weighted by atomic mass is 9.96. The van der Waals surface area contributed by atoms with Crippen molar-refractivity contribution in [3.8, 4) is 0 Å². The fourth-order valence-electron chi connectivity index (χ4n) is 5.43. The van der Waals surface area contributed by atoms with E-state index in [2.05, 4.69) is 13.2 Å². The van der Waals surface area contributed by atoms with E-state index in [1.54, 1.807) is 12.2 Å². The van der Waals surface area contributed by atoms with Crippen molar-refractivity contribution in [1.82, 2.24) is 0 Å². The van der Waals surface area contributed by atoms with Crippen molar-refractivity contribution in [2.75, 3.05) is 13.2 Å². The summed E-state index contributed by atoms with van der Waals surface area (Å²) in [5.74, 6) is 0. The molecule has 4 N–H and O–H groups in total. The predicted octanol–water partition coefficient (Wildman–Crippen LogP) is 1.41. The molecule has 4 aliphatic heterocycles. The molecule has 2 aromatic rings. The normalized spacial score (nSPS) is 40.7. The van der Waals surface area contributed by atoms with Crippen LogP contribution in [0.5, 0.6) is 0 Å². The third-order valence-corrected chi connectivity index (χ3v) is 7.82. The molecule has 11 nitrogen and oxygen atoms in total. The summed E-state index contributed by atoms with van der Waals surface area (Å²) in [6.45, 7) is 7.59. The van der Waals surface area contributed by atoms with Gasteiger partial charge in [0.2, 0.25) is 0 Å². The lowest BCUT2D eigenvalue weighted by Gasteiger charge is -2.49. The van der Waals surface area contributed by atoms with Gasteiger partial charge in [0, 0.05) is 11.1 Å². The van der Waals surface area contributed by atoms with Gasteiger partial charge in [0.15, 0.2) is 25.2 Å². The fourth-order valence-corrected chi connectivity index (χ4v) is 5.43. The van der Waals surface area contributed by atoms with Crippen LogP contribution in [0.25, 0.3) is 12.2 Å². The zero-order chi connectivity index (χ0) is 28.7. The highest BCUT2D eigenvalue weighted by atomic mass is 16.8. The average Bonchev–Trinajstić information content (AvgIpc) is 3.02. The number of aliphatic hydroxyl groups is 4. The summed E-state index contributed by atoms with van der Waals surface area (Å²) >= 11 is 0. The minimum absolute atomic E-state index is 0.0560. The Bertz CT molecular complexity index is 1110. The molecule has 4 heterocycles. The summed E-state index contributed by atoms with van der Waals surface area (Å²) in [6, 6.07) is 14.8. The minimum Gasteiger partial charge on any atom is -0.387 e. The summed E-state index contributed by atoms with van der Waals surface area (Å²) < 4.78 is 41.0. The second-order valence-electron chi connectivity index (χ2n) is 10.5. The molecule has 0 radical (unpaired) electrons. The van der Waals surface area contributed by atoms with Gasteiger partial charge in [-0.2, -0.15) is 0 Å². The van der Waals surface area contributed by atoms with Crippen molar-refractivity contribution < 1.29 is 53.6 Å². The Morgan fingerprint density at radius 1 is 0.585 bits per heavy atom. The van der Waals surface area contributed by atoms with Crippen LogP contribution < -0.4 is 0 Å². The van der Waals surface area contributed by atoms with Crippen molar-refractivity contribution in [3.63, 3.8) is 0 Å². The molecule has 0 spiro atoms. The fraction of sp³-hybridized carbons (Fsp3) is 0.467. The van der Waals surface area contributed by atoms with Gasteiger partial charge >= 0.3 is 0 Å². The molecular formula is C30H34O11. The minimum atomic E-state index is -1.54. The largest absolute Gasteiger partial charge is 0.387 e. The maximum atomic E-state index is 10.9. The summed E-state index contributed by atoms with van der Waals surface area (Å²) in [5, 5.41) is 43.4. The van der Waals surface area contributed by atoms with Crippen LogP contribution in [-0.4, -0.2) is 95.1 Å². The van der Waals surface area contributed by atoms with E-state index in [0.717, 1.165) is 22.3 Å². The Balaban J connectivity index is 1.07. The van der Waals surface area contributed by atoms with Crippen molar-refractivity contribution in [2.24, 2.45) is 0 Å². The van der Waals surface area contributed by atoms with Crippen LogP contribution in [0.15, 0.2) is 61.7 Å². The second kappa shape index (κ2) is 12.0. The van der Waals surface area contributed by atoms with E-state index < -0.39 is 74.0 Å². The number of hydrogen-bond donors (Lipinski definition) is 4. The highest BCUT2D eigenvalue weighted by Gasteiger charge is 2.54. The van der Waals surface area contributed by atoms with E-state index in [-0.39, 0.29) is 13.2 Å². The van der Waals surface area contributed by atoms with Crippen molar-refractivity contribution in [1.29, 1.82) is 0 Å². The summed E-state index contributed by atoms with van der Waals surface area (Å²) in [6.07, 6.45) is -10.0. The Morgan fingerprint density at radius 2 is 0.976 bits per heavy atom. The summed E-state index contributed by atoms with van der Waals surface area (Å²) in [7, 11) is 0. The molecule has 0 saturated carbocycles. The average molecular weight is 571 g/mol. The number of hydrogen-bond acceptors (Lipinski definition) is 11. The Labute approximate surface area is 237 Å². The third kappa shape index (κ3) is 5.64. The van der Waals surface area contributed by atoms with Crippen LogP contribution in [0.1, 0.15) is 34.8 Å². The maximum absolute atomic E-state index is 10.9. The van der Waals surface area contributed by atoms with Gasteiger partial charge in [0.05, 0.1) is 13.2 Å². The molecule has 11 heteroatoms. The molecule has 3 unspecified atom stereocenters. The van der Waals surface area contributed by atoms with Gasteiger partial charge in [0.1, 0.15) is 48.8 Å². The van der Waals surface area contributed by atoms with Gasteiger partial charge in [-0.15, -0.1) is 0 Å². The first kappa shape index (κ1) is 28.6. The van der Waals surface area contributed by atoms with E-state index in [4.69, 9.17) is 33.2 Å². The van der Waals surface area contributed by atoms with Gasteiger partial charge in [-0.1, -0.05) is 73.8 Å². The van der Waals surface area contributed by atoms with Gasteiger partial charge in [0.25, 0.3) is 0 Å². The monoisotopic (exact) mass is 570 g/mol. The standard InChI is InChI=1S/C30H34O11/c1-3-15-5-9-17(10-6-15)27-35-13-19-25(39-27)21(31)23(33)29(37-19)41-30-24(34)22(32)26-20(38-30)14-36-28(40-26)18-11-7-16(4-2)8-12-18/h3-12,19-34H,1-2,13-14H2/t19-,20-,21-,22?,23-,24-,25-,26-,27?,28?,29-,30-/m1/s1. The maximum Gasteiger partial charge on any atom is 0.189 e. The van der Waals surface area contributed by atoms with Crippen LogP contribution in [0.3, 0.4) is 0 Å². The predicted molar refractivity (Wildman–Crippen MR) is 143 cm³/mol. The molecule has 0 amide bonds. The number of benzene rings is 2. The Hall–Kier alpha value is -2.52. The third-order valence-electron chi connectivity index (χ3n) is 7.82. The van der Waals surface area contributed by atoms with Crippen LogP contribution in [0.2, 0.25) is 0 Å². The number of aliphatic hydroxyl groups excluding tert-OH is 4. The van der Waals surface area contributed by atoms with Crippen LogP contribution in [0, 0.1) is 0 Å².